The number of para-hydroxylation sites is 1. The van der Waals surface area contributed by atoms with Gasteiger partial charge in [-0.3, -0.25) is 0 Å². The highest BCUT2D eigenvalue weighted by molar-refractivity contribution is 5.95. The molecule has 0 N–H and O–H groups in total. The standard InChI is InChI=1S/C12H15N2/c1-12(2)9-7-5-6-8-10(9)14(4)11(12)13-3/h5-8H,3H2,1-2,4H3/q+1. The average Bonchev–Trinajstić information content (AvgIpc) is 2.36. The van der Waals surface area contributed by atoms with Crippen LogP contribution >= 0.6 is 0 Å². The van der Waals surface area contributed by atoms with Gasteiger partial charge in [0.1, 0.15) is 12.4 Å². The van der Waals surface area contributed by atoms with Crippen LogP contribution in [0.25, 0.3) is 0 Å². The number of rotatable bonds is 0. The molecule has 2 heteroatoms. The number of benzene rings is 1. The molecule has 1 aliphatic heterocycles. The van der Waals surface area contributed by atoms with Crippen LogP contribution in [0.2, 0.25) is 0 Å². The summed E-state index contributed by atoms with van der Waals surface area (Å²) in [4.78, 5) is 4.13. The van der Waals surface area contributed by atoms with Crippen LogP contribution in [0.4, 0.5) is 5.69 Å². The summed E-state index contributed by atoms with van der Waals surface area (Å²) in [5.41, 5.74) is 2.54. The minimum atomic E-state index is -0.0207. The Morgan fingerprint density at radius 1 is 1.29 bits per heavy atom. The highest BCUT2D eigenvalue weighted by atomic mass is 15.1. The van der Waals surface area contributed by atoms with Crippen molar-refractivity contribution in [1.82, 2.24) is 0 Å². The van der Waals surface area contributed by atoms with Crippen LogP contribution in [-0.4, -0.2) is 24.2 Å². The Kier molecular flexibility index (Phi) is 1.81. The molecule has 0 bridgehead atoms. The summed E-state index contributed by atoms with van der Waals surface area (Å²) >= 11 is 0. The van der Waals surface area contributed by atoms with E-state index in [0.29, 0.717) is 0 Å². The summed E-state index contributed by atoms with van der Waals surface area (Å²) < 4.78 is 2.11. The maximum atomic E-state index is 4.13. The van der Waals surface area contributed by atoms with Crippen molar-refractivity contribution in [2.24, 2.45) is 4.99 Å². The number of fused-ring (bicyclic) bond motifs is 1. The van der Waals surface area contributed by atoms with Crippen LogP contribution in [0.3, 0.4) is 0 Å². The van der Waals surface area contributed by atoms with Gasteiger partial charge >= 0.3 is 5.84 Å². The Bertz CT molecular complexity index is 428. The molecule has 0 fully saturated rings. The quantitative estimate of drug-likeness (QED) is 0.437. The summed E-state index contributed by atoms with van der Waals surface area (Å²) in [5.74, 6) is 1.03. The number of nitrogens with zero attached hydrogens (tertiary/aromatic N) is 2. The number of amidine groups is 1. The van der Waals surface area contributed by atoms with E-state index in [1.807, 2.05) is 7.05 Å². The van der Waals surface area contributed by atoms with Crippen molar-refractivity contribution in [3.63, 3.8) is 0 Å². The smallest absolute Gasteiger partial charge is 0.230 e. The largest absolute Gasteiger partial charge is 0.307 e. The van der Waals surface area contributed by atoms with E-state index < -0.39 is 0 Å². The average molecular weight is 187 g/mol. The predicted molar refractivity (Wildman–Crippen MR) is 59.9 cm³/mol. The van der Waals surface area contributed by atoms with Crippen molar-refractivity contribution in [1.29, 1.82) is 0 Å². The Balaban J connectivity index is 2.74. The van der Waals surface area contributed by atoms with Crippen LogP contribution in [0.15, 0.2) is 29.3 Å². The lowest BCUT2D eigenvalue weighted by molar-refractivity contribution is -0.403. The fraction of sp³-hybridized carbons (Fsp3) is 0.333. The second kappa shape index (κ2) is 2.77. The van der Waals surface area contributed by atoms with Gasteiger partial charge in [0, 0.05) is 5.56 Å². The fourth-order valence-corrected chi connectivity index (χ4v) is 2.25. The third-order valence-electron chi connectivity index (χ3n) is 2.97. The zero-order valence-corrected chi connectivity index (χ0v) is 8.91. The molecular weight excluding hydrogens is 172 g/mol. The molecule has 0 unspecified atom stereocenters. The molecule has 0 radical (unpaired) electrons. The van der Waals surface area contributed by atoms with E-state index in [1.165, 1.54) is 11.3 Å². The Morgan fingerprint density at radius 2 is 1.93 bits per heavy atom. The Labute approximate surface area is 84.6 Å². The van der Waals surface area contributed by atoms with Crippen LogP contribution < -0.4 is 0 Å². The third kappa shape index (κ3) is 0.969. The third-order valence-corrected chi connectivity index (χ3v) is 2.97. The zero-order valence-electron chi connectivity index (χ0n) is 8.91. The van der Waals surface area contributed by atoms with E-state index in [0.717, 1.165) is 5.84 Å². The molecule has 2 nitrogen and oxygen atoms in total. The first-order chi connectivity index (χ1) is 6.59. The van der Waals surface area contributed by atoms with Gasteiger partial charge in [0.15, 0.2) is 0 Å². The first kappa shape index (κ1) is 9.13. The summed E-state index contributed by atoms with van der Waals surface area (Å²) in [6.45, 7) is 8.00. The maximum absolute atomic E-state index is 4.13. The normalized spacial score (nSPS) is 18.2. The van der Waals surface area contributed by atoms with Crippen molar-refractivity contribution in [2.45, 2.75) is 19.3 Å². The molecule has 72 valence electrons. The van der Waals surface area contributed by atoms with Gasteiger partial charge in [-0.2, -0.15) is 0 Å². The van der Waals surface area contributed by atoms with Crippen molar-refractivity contribution in [3.8, 4) is 0 Å². The molecule has 1 aromatic rings. The minimum absolute atomic E-state index is 0.0207. The lowest BCUT2D eigenvalue weighted by atomic mass is 9.85. The van der Waals surface area contributed by atoms with Crippen molar-refractivity contribution in [3.05, 3.63) is 29.8 Å². The van der Waals surface area contributed by atoms with Crippen molar-refractivity contribution >= 4 is 18.2 Å². The molecule has 0 aromatic heterocycles. The van der Waals surface area contributed by atoms with Gasteiger partial charge in [0.05, 0.1) is 12.5 Å². The van der Waals surface area contributed by atoms with Crippen molar-refractivity contribution < 1.29 is 4.58 Å². The van der Waals surface area contributed by atoms with E-state index in [2.05, 4.69) is 54.4 Å². The van der Waals surface area contributed by atoms with Gasteiger partial charge in [-0.25, -0.2) is 4.58 Å². The van der Waals surface area contributed by atoms with Crippen molar-refractivity contribution in [2.75, 3.05) is 7.05 Å². The molecule has 0 amide bonds. The molecule has 0 saturated carbocycles. The monoisotopic (exact) mass is 187 g/mol. The molecule has 1 heterocycles. The molecule has 2 rings (SSSR count). The van der Waals surface area contributed by atoms with Gasteiger partial charge in [-0.1, -0.05) is 23.2 Å². The van der Waals surface area contributed by atoms with Gasteiger partial charge in [0.2, 0.25) is 0 Å². The molecule has 0 atom stereocenters. The van der Waals surface area contributed by atoms with Gasteiger partial charge < -0.3 is 0 Å². The molecule has 1 aliphatic rings. The summed E-state index contributed by atoms with van der Waals surface area (Å²) in [6, 6.07) is 8.40. The Morgan fingerprint density at radius 3 is 2.50 bits per heavy atom. The molecule has 14 heavy (non-hydrogen) atoms. The summed E-state index contributed by atoms with van der Waals surface area (Å²) in [6.07, 6.45) is 0. The number of hydrogen-bond donors (Lipinski definition) is 0. The lowest BCUT2D eigenvalue weighted by Crippen LogP contribution is -2.26. The highest BCUT2D eigenvalue weighted by Crippen LogP contribution is 2.38. The summed E-state index contributed by atoms with van der Waals surface area (Å²) in [5, 5.41) is 0. The van der Waals surface area contributed by atoms with E-state index in [4.69, 9.17) is 0 Å². The summed E-state index contributed by atoms with van der Waals surface area (Å²) in [7, 11) is 2.04. The van der Waals surface area contributed by atoms with Crippen LogP contribution in [0.5, 0.6) is 0 Å². The lowest BCUT2D eigenvalue weighted by Gasteiger charge is -2.13. The van der Waals surface area contributed by atoms with E-state index in [9.17, 15) is 0 Å². The SMILES string of the molecule is C=NC1=[N+](C)c2ccccc2C1(C)C. The van der Waals surface area contributed by atoms with Crippen LogP contribution in [0, 0.1) is 0 Å². The molecule has 0 spiro atoms. The predicted octanol–water partition coefficient (Wildman–Crippen LogP) is 2.35. The number of hydrogen-bond acceptors (Lipinski definition) is 1. The van der Waals surface area contributed by atoms with Gasteiger partial charge in [-0.05, 0) is 19.9 Å². The molecule has 0 aliphatic carbocycles. The topological polar surface area (TPSA) is 15.4 Å². The first-order valence-electron chi connectivity index (χ1n) is 4.76. The second-order valence-corrected chi connectivity index (χ2v) is 4.18. The maximum Gasteiger partial charge on any atom is 0.307 e. The van der Waals surface area contributed by atoms with Crippen LogP contribution in [0.1, 0.15) is 19.4 Å². The molecule has 0 saturated heterocycles. The van der Waals surface area contributed by atoms with Crippen LogP contribution in [-0.2, 0) is 5.41 Å². The zero-order chi connectivity index (χ0) is 10.3. The van der Waals surface area contributed by atoms with E-state index in [1.54, 1.807) is 0 Å². The fourth-order valence-electron chi connectivity index (χ4n) is 2.25. The molecule has 1 aromatic carbocycles. The Hall–Kier alpha value is -1.44. The molecular formula is C12H15N2+. The van der Waals surface area contributed by atoms with Gasteiger partial charge in [0.25, 0.3) is 0 Å². The first-order valence-corrected chi connectivity index (χ1v) is 4.76. The van der Waals surface area contributed by atoms with Gasteiger partial charge in [-0.15, -0.1) is 0 Å². The second-order valence-electron chi connectivity index (χ2n) is 4.18. The number of aliphatic imine (C=N–C) groups is 1. The van der Waals surface area contributed by atoms with E-state index >= 15 is 0 Å². The minimum Gasteiger partial charge on any atom is -0.230 e. The van der Waals surface area contributed by atoms with E-state index in [-0.39, 0.29) is 5.41 Å². The highest BCUT2D eigenvalue weighted by Gasteiger charge is 2.43.